The number of nitriles is 1. The molecule has 1 aromatic carbocycles. The third-order valence-electron chi connectivity index (χ3n) is 2.50. The van der Waals surface area contributed by atoms with Crippen LogP contribution in [0.15, 0.2) is 17.0 Å². The van der Waals surface area contributed by atoms with Gasteiger partial charge in [-0.3, -0.25) is 0 Å². The lowest BCUT2D eigenvalue weighted by atomic mass is 10.1. The number of nitrogens with zero attached hydrogens (tertiary/aromatic N) is 1. The molecule has 16 heavy (non-hydrogen) atoms. The molecule has 1 rings (SSSR count). The molecule has 0 bridgehead atoms. The van der Waals surface area contributed by atoms with Crippen molar-refractivity contribution in [3.05, 3.63) is 23.3 Å². The minimum absolute atomic E-state index is 0.201. The summed E-state index contributed by atoms with van der Waals surface area (Å²) in [4.78, 5) is 0.201. The van der Waals surface area contributed by atoms with Crippen molar-refractivity contribution in [2.45, 2.75) is 18.7 Å². The second-order valence-electron chi connectivity index (χ2n) is 3.43. The van der Waals surface area contributed by atoms with Crippen molar-refractivity contribution in [1.82, 2.24) is 0 Å². The maximum atomic E-state index is 11.7. The molecule has 0 heterocycles. The number of sulfone groups is 1. The molecule has 0 saturated carbocycles. The molecule has 0 spiro atoms. The first kappa shape index (κ1) is 12.5. The molecule has 0 saturated heterocycles. The normalized spacial score (nSPS) is 10.9. The first-order valence-corrected chi connectivity index (χ1v) is 6.33. The van der Waals surface area contributed by atoms with E-state index in [4.69, 9.17) is 10.00 Å². The van der Waals surface area contributed by atoms with Gasteiger partial charge in [0.25, 0.3) is 0 Å². The number of methoxy groups -OCH3 is 1. The molecule has 0 N–H and O–H groups in total. The predicted octanol–water partition coefficient (Wildman–Crippen LogP) is 1.61. The van der Waals surface area contributed by atoms with Gasteiger partial charge < -0.3 is 4.74 Å². The van der Waals surface area contributed by atoms with Crippen LogP contribution in [0.4, 0.5) is 0 Å². The molecule has 0 amide bonds. The van der Waals surface area contributed by atoms with Crippen molar-refractivity contribution in [1.29, 1.82) is 5.26 Å². The highest BCUT2D eigenvalue weighted by atomic mass is 32.2. The molecule has 0 fully saturated rings. The van der Waals surface area contributed by atoms with E-state index in [1.165, 1.54) is 13.2 Å². The molecule has 4 nitrogen and oxygen atoms in total. The van der Waals surface area contributed by atoms with Crippen molar-refractivity contribution in [2.75, 3.05) is 12.9 Å². The molecule has 0 aliphatic rings. The van der Waals surface area contributed by atoms with Gasteiger partial charge in [0.1, 0.15) is 11.5 Å². The summed E-state index contributed by atoms with van der Waals surface area (Å²) in [5, 5.41) is 8.47. The van der Waals surface area contributed by atoms with Crippen LogP contribution in [0.1, 0.15) is 11.1 Å². The maximum absolute atomic E-state index is 11.7. The first-order chi connectivity index (χ1) is 7.44. The van der Waals surface area contributed by atoms with Gasteiger partial charge in [-0.1, -0.05) is 0 Å². The Hall–Kier alpha value is -1.54. The van der Waals surface area contributed by atoms with E-state index in [1.807, 2.05) is 0 Å². The van der Waals surface area contributed by atoms with Crippen LogP contribution in [-0.2, 0) is 9.84 Å². The number of rotatable bonds is 3. The van der Waals surface area contributed by atoms with Gasteiger partial charge in [0.15, 0.2) is 9.84 Å². The molecule has 0 atom stereocenters. The lowest BCUT2D eigenvalue weighted by molar-refractivity contribution is 0.410. The first-order valence-electron chi connectivity index (χ1n) is 4.68. The summed E-state index contributed by atoms with van der Waals surface area (Å²) >= 11 is 0. The van der Waals surface area contributed by atoms with Crippen molar-refractivity contribution < 1.29 is 13.2 Å². The zero-order valence-corrected chi connectivity index (χ0v) is 10.3. The summed E-state index contributed by atoms with van der Waals surface area (Å²) in [6.45, 7) is 3.50. The van der Waals surface area contributed by atoms with Crippen LogP contribution >= 0.6 is 0 Å². The van der Waals surface area contributed by atoms with Crippen molar-refractivity contribution in [3.63, 3.8) is 0 Å². The zero-order chi connectivity index (χ0) is 12.3. The third kappa shape index (κ3) is 2.17. The molecule has 0 unspecified atom stereocenters. The molecule has 5 heteroatoms. The highest BCUT2D eigenvalue weighted by molar-refractivity contribution is 7.91. The fourth-order valence-corrected chi connectivity index (χ4v) is 2.71. The smallest absolute Gasteiger partial charge is 0.191 e. The Morgan fingerprint density at radius 3 is 2.44 bits per heavy atom. The van der Waals surface area contributed by atoms with Crippen LogP contribution in [0, 0.1) is 25.2 Å². The van der Waals surface area contributed by atoms with E-state index in [1.54, 1.807) is 26.0 Å². The fraction of sp³-hybridized carbons (Fsp3) is 0.364. The number of hydrogen-bond acceptors (Lipinski definition) is 4. The molecule has 1 aromatic rings. The standard InChI is InChI=1S/C11H13NO3S/c1-8-9(2)11(5-4-10(8)15-3)16(13,14)7-6-12/h4-5H,7H2,1-3H3. The lowest BCUT2D eigenvalue weighted by Crippen LogP contribution is -2.08. The van der Waals surface area contributed by atoms with Crippen LogP contribution in [0.2, 0.25) is 0 Å². The topological polar surface area (TPSA) is 67.2 Å². The quantitative estimate of drug-likeness (QED) is 0.803. The van der Waals surface area contributed by atoms with Gasteiger partial charge in [-0.25, -0.2) is 8.42 Å². The van der Waals surface area contributed by atoms with E-state index in [9.17, 15) is 8.42 Å². The highest BCUT2D eigenvalue weighted by Gasteiger charge is 2.18. The van der Waals surface area contributed by atoms with Gasteiger partial charge in [-0.2, -0.15) is 5.26 Å². The van der Waals surface area contributed by atoms with E-state index < -0.39 is 15.6 Å². The second-order valence-corrected chi connectivity index (χ2v) is 5.39. The molecule has 86 valence electrons. The monoisotopic (exact) mass is 239 g/mol. The van der Waals surface area contributed by atoms with Crippen molar-refractivity contribution in [2.24, 2.45) is 0 Å². The minimum Gasteiger partial charge on any atom is -0.496 e. The van der Waals surface area contributed by atoms with E-state index in [0.29, 0.717) is 11.3 Å². The SMILES string of the molecule is COc1ccc(S(=O)(=O)CC#N)c(C)c1C. The number of hydrogen-bond donors (Lipinski definition) is 0. The Morgan fingerprint density at radius 2 is 1.94 bits per heavy atom. The van der Waals surface area contributed by atoms with Gasteiger partial charge >= 0.3 is 0 Å². The Morgan fingerprint density at radius 1 is 1.31 bits per heavy atom. The Bertz CT molecular complexity index is 541. The summed E-state index contributed by atoms with van der Waals surface area (Å²) in [6.07, 6.45) is 0. The molecule has 0 aromatic heterocycles. The highest BCUT2D eigenvalue weighted by Crippen LogP contribution is 2.27. The van der Waals surface area contributed by atoms with Crippen molar-refractivity contribution in [3.8, 4) is 11.8 Å². The van der Waals surface area contributed by atoms with Gasteiger partial charge in [-0.05, 0) is 37.1 Å². The van der Waals surface area contributed by atoms with Crippen LogP contribution in [-0.4, -0.2) is 21.3 Å². The summed E-state index contributed by atoms with van der Waals surface area (Å²) in [5.41, 5.74) is 1.41. The largest absolute Gasteiger partial charge is 0.496 e. The van der Waals surface area contributed by atoms with E-state index >= 15 is 0 Å². The summed E-state index contributed by atoms with van der Waals surface area (Å²) in [6, 6.07) is 4.75. The number of benzene rings is 1. The minimum atomic E-state index is -3.51. The van der Waals surface area contributed by atoms with Crippen LogP contribution < -0.4 is 4.74 Å². The molecular formula is C11H13NO3S. The van der Waals surface area contributed by atoms with Crippen LogP contribution in [0.25, 0.3) is 0 Å². The second kappa shape index (κ2) is 4.54. The molecular weight excluding hydrogens is 226 g/mol. The lowest BCUT2D eigenvalue weighted by Gasteiger charge is -2.11. The summed E-state index contributed by atoms with van der Waals surface area (Å²) < 4.78 is 28.6. The molecule has 0 aliphatic carbocycles. The van der Waals surface area contributed by atoms with Gasteiger partial charge in [0.05, 0.1) is 18.1 Å². The summed E-state index contributed by atoms with van der Waals surface area (Å²) in [7, 11) is -1.97. The average molecular weight is 239 g/mol. The van der Waals surface area contributed by atoms with E-state index in [2.05, 4.69) is 0 Å². The Labute approximate surface area is 95.4 Å². The van der Waals surface area contributed by atoms with Crippen LogP contribution in [0.5, 0.6) is 5.75 Å². The van der Waals surface area contributed by atoms with E-state index in [0.717, 1.165) is 5.56 Å². The maximum Gasteiger partial charge on any atom is 0.191 e. The predicted molar refractivity (Wildman–Crippen MR) is 60.1 cm³/mol. The van der Waals surface area contributed by atoms with Gasteiger partial charge in [-0.15, -0.1) is 0 Å². The van der Waals surface area contributed by atoms with E-state index in [-0.39, 0.29) is 4.90 Å². The third-order valence-corrected chi connectivity index (χ3v) is 4.12. The molecule has 0 radical (unpaired) electrons. The fourth-order valence-electron chi connectivity index (χ4n) is 1.49. The zero-order valence-electron chi connectivity index (χ0n) is 9.44. The summed E-state index contributed by atoms with van der Waals surface area (Å²) in [5.74, 6) is 0.146. The Kier molecular flexibility index (Phi) is 3.55. The number of ether oxygens (including phenoxy) is 1. The Balaban J connectivity index is 3.40. The van der Waals surface area contributed by atoms with Crippen molar-refractivity contribution >= 4 is 9.84 Å². The average Bonchev–Trinajstić information content (AvgIpc) is 2.21. The van der Waals surface area contributed by atoms with Gasteiger partial charge in [0, 0.05) is 0 Å². The molecule has 0 aliphatic heterocycles. The van der Waals surface area contributed by atoms with Gasteiger partial charge in [0.2, 0.25) is 0 Å². The van der Waals surface area contributed by atoms with Crippen LogP contribution in [0.3, 0.4) is 0 Å².